The second-order valence-electron chi connectivity index (χ2n) is 9.64. The lowest BCUT2D eigenvalue weighted by molar-refractivity contribution is 0.332. The molecule has 2 aliphatic carbocycles. The molecule has 0 fully saturated rings. The minimum atomic E-state index is -0.0925. The third-order valence-corrected chi connectivity index (χ3v) is 6.75. The Labute approximate surface area is 173 Å². The lowest BCUT2D eigenvalue weighted by atomic mass is 9.63. The summed E-state index contributed by atoms with van der Waals surface area (Å²) in [5.41, 5.74) is 8.29. The van der Waals surface area contributed by atoms with Crippen LogP contribution in [0.5, 0.6) is 5.75 Å². The van der Waals surface area contributed by atoms with Crippen LogP contribution in [0.15, 0.2) is 59.4 Å². The third kappa shape index (κ3) is 3.57. The maximum atomic E-state index is 12.0. The van der Waals surface area contributed by atoms with Crippen LogP contribution in [0.4, 0.5) is 0 Å². The molecule has 0 spiro atoms. The first-order valence-corrected chi connectivity index (χ1v) is 10.5. The first-order valence-electron chi connectivity index (χ1n) is 10.5. The number of rotatable bonds is 3. The van der Waals surface area contributed by atoms with Gasteiger partial charge in [0.05, 0.1) is 7.11 Å². The first-order chi connectivity index (χ1) is 13.7. The minimum Gasteiger partial charge on any atom is -0.493 e. The summed E-state index contributed by atoms with van der Waals surface area (Å²) in [6, 6.07) is 14.3. The molecule has 0 heterocycles. The molecule has 0 unspecified atom stereocenters. The molecule has 4 rings (SSSR count). The molecule has 2 aromatic rings. The van der Waals surface area contributed by atoms with Crippen LogP contribution in [0.2, 0.25) is 0 Å². The van der Waals surface area contributed by atoms with Crippen molar-refractivity contribution in [2.24, 2.45) is 0 Å². The number of ether oxygens (including phenoxy) is 1. The van der Waals surface area contributed by atoms with Gasteiger partial charge in [-0.15, -0.1) is 0 Å². The van der Waals surface area contributed by atoms with Gasteiger partial charge in [-0.25, -0.2) is 0 Å². The Morgan fingerprint density at radius 1 is 0.759 bits per heavy atom. The van der Waals surface area contributed by atoms with Crippen molar-refractivity contribution in [1.29, 1.82) is 0 Å². The van der Waals surface area contributed by atoms with E-state index in [0.717, 1.165) is 12.0 Å². The summed E-state index contributed by atoms with van der Waals surface area (Å²) in [5.74, 6) is 0.377. The lowest BCUT2D eigenvalue weighted by Gasteiger charge is -2.42. The molecule has 0 amide bonds. The molecule has 0 aliphatic heterocycles. The van der Waals surface area contributed by atoms with Crippen LogP contribution >= 0.6 is 0 Å². The second-order valence-corrected chi connectivity index (χ2v) is 9.64. The summed E-state index contributed by atoms with van der Waals surface area (Å²) in [4.78, 5) is 12.0. The van der Waals surface area contributed by atoms with E-state index in [2.05, 4.69) is 58.0 Å². The van der Waals surface area contributed by atoms with Crippen molar-refractivity contribution in [3.05, 3.63) is 87.1 Å². The van der Waals surface area contributed by atoms with Crippen LogP contribution in [-0.2, 0) is 10.8 Å². The summed E-state index contributed by atoms with van der Waals surface area (Å²) < 4.78 is 5.16. The van der Waals surface area contributed by atoms with E-state index < -0.39 is 0 Å². The molecule has 0 radical (unpaired) electrons. The van der Waals surface area contributed by atoms with Gasteiger partial charge in [0.2, 0.25) is 5.43 Å². The Balaban J connectivity index is 1.63. The molecule has 2 aromatic carbocycles. The predicted molar refractivity (Wildman–Crippen MR) is 122 cm³/mol. The van der Waals surface area contributed by atoms with Gasteiger partial charge in [0, 0.05) is 0 Å². The zero-order valence-corrected chi connectivity index (χ0v) is 18.1. The summed E-state index contributed by atoms with van der Waals surface area (Å²) in [7, 11) is 1.53. The Kier molecular flexibility index (Phi) is 4.77. The Morgan fingerprint density at radius 3 is 2.03 bits per heavy atom. The van der Waals surface area contributed by atoms with Crippen molar-refractivity contribution >= 4 is 11.1 Å². The lowest BCUT2D eigenvalue weighted by Crippen LogP contribution is -2.33. The standard InChI is InChI=1S/C27H30O2/c1-26(2)14-15-27(3,4)23-17-21(8-11-22(23)26)20-7-6-19(16-20)18-9-12-24(28)25(29-5)13-10-18/h6-13,17H,14-16H2,1-5H3. The summed E-state index contributed by atoms with van der Waals surface area (Å²) in [5, 5.41) is 0. The van der Waals surface area contributed by atoms with Gasteiger partial charge >= 0.3 is 0 Å². The Bertz CT molecular complexity index is 1080. The number of methoxy groups -OCH3 is 1. The SMILES string of the molecule is COc1ccc(C2=CC=C(c3ccc4c(c3)C(C)(C)CCC4(C)C)C2)ccc1=O. The van der Waals surface area contributed by atoms with Gasteiger partial charge in [-0.2, -0.15) is 0 Å². The number of hydrogen-bond acceptors (Lipinski definition) is 2. The largest absolute Gasteiger partial charge is 0.493 e. The molecule has 0 N–H and O–H groups in total. The van der Waals surface area contributed by atoms with Crippen LogP contribution < -0.4 is 10.2 Å². The highest BCUT2D eigenvalue weighted by Crippen LogP contribution is 2.47. The molecule has 0 saturated heterocycles. The van der Waals surface area contributed by atoms with Crippen LogP contribution in [0.3, 0.4) is 0 Å². The van der Waals surface area contributed by atoms with Gasteiger partial charge in [-0.3, -0.25) is 4.79 Å². The quantitative estimate of drug-likeness (QED) is 0.621. The highest BCUT2D eigenvalue weighted by atomic mass is 16.5. The highest BCUT2D eigenvalue weighted by molar-refractivity contribution is 5.87. The van der Waals surface area contributed by atoms with E-state index >= 15 is 0 Å². The summed E-state index contributed by atoms with van der Waals surface area (Å²) in [6.07, 6.45) is 7.73. The molecule has 2 nitrogen and oxygen atoms in total. The fraction of sp³-hybridized carbons (Fsp3) is 0.370. The van der Waals surface area contributed by atoms with E-state index in [-0.39, 0.29) is 16.3 Å². The van der Waals surface area contributed by atoms with Gasteiger partial charge in [-0.05, 0) is 75.6 Å². The van der Waals surface area contributed by atoms with Crippen molar-refractivity contribution in [3.8, 4) is 5.75 Å². The summed E-state index contributed by atoms with van der Waals surface area (Å²) >= 11 is 0. The molecule has 2 heteroatoms. The summed E-state index contributed by atoms with van der Waals surface area (Å²) in [6.45, 7) is 9.47. The fourth-order valence-corrected chi connectivity index (χ4v) is 4.64. The van der Waals surface area contributed by atoms with Crippen molar-refractivity contribution in [2.75, 3.05) is 7.11 Å². The molecule has 2 aliphatic rings. The molecule has 0 bridgehead atoms. The first kappa shape index (κ1) is 19.7. The van der Waals surface area contributed by atoms with Gasteiger partial charge in [-0.1, -0.05) is 70.2 Å². The molecule has 150 valence electrons. The monoisotopic (exact) mass is 386 g/mol. The Hall–Kier alpha value is -2.61. The molecule has 0 aromatic heterocycles. The van der Waals surface area contributed by atoms with E-state index in [9.17, 15) is 4.79 Å². The molecular weight excluding hydrogens is 356 g/mol. The smallest absolute Gasteiger partial charge is 0.220 e. The van der Waals surface area contributed by atoms with Crippen molar-refractivity contribution in [3.63, 3.8) is 0 Å². The van der Waals surface area contributed by atoms with E-state index in [1.807, 2.05) is 12.1 Å². The van der Waals surface area contributed by atoms with Crippen LogP contribution in [0.25, 0.3) is 11.1 Å². The van der Waals surface area contributed by atoms with E-state index in [1.165, 1.54) is 47.8 Å². The molecular formula is C27H30O2. The number of allylic oxidation sites excluding steroid dienone is 4. The predicted octanol–water partition coefficient (Wildman–Crippen LogP) is 6.28. The van der Waals surface area contributed by atoms with E-state index in [1.54, 1.807) is 12.1 Å². The van der Waals surface area contributed by atoms with Gasteiger partial charge in [0.25, 0.3) is 0 Å². The minimum absolute atomic E-state index is 0.0925. The second kappa shape index (κ2) is 7.02. The van der Waals surface area contributed by atoms with Crippen LogP contribution in [0.1, 0.15) is 69.2 Å². The van der Waals surface area contributed by atoms with E-state index in [0.29, 0.717) is 5.75 Å². The fourth-order valence-electron chi connectivity index (χ4n) is 4.64. The van der Waals surface area contributed by atoms with Gasteiger partial charge in [0.1, 0.15) is 0 Å². The highest BCUT2D eigenvalue weighted by Gasteiger charge is 2.37. The van der Waals surface area contributed by atoms with Crippen LogP contribution in [-0.4, -0.2) is 7.11 Å². The zero-order valence-electron chi connectivity index (χ0n) is 18.1. The topological polar surface area (TPSA) is 26.3 Å². The van der Waals surface area contributed by atoms with Gasteiger partial charge < -0.3 is 4.74 Å². The maximum absolute atomic E-state index is 12.0. The van der Waals surface area contributed by atoms with E-state index in [4.69, 9.17) is 4.74 Å². The number of hydrogen-bond donors (Lipinski definition) is 0. The van der Waals surface area contributed by atoms with Crippen molar-refractivity contribution < 1.29 is 4.74 Å². The molecule has 0 atom stereocenters. The zero-order chi connectivity index (χ0) is 20.8. The Morgan fingerprint density at radius 2 is 1.34 bits per heavy atom. The van der Waals surface area contributed by atoms with Crippen LogP contribution in [0, 0.1) is 0 Å². The third-order valence-electron chi connectivity index (χ3n) is 6.75. The normalized spacial score (nSPS) is 19.2. The molecule has 29 heavy (non-hydrogen) atoms. The maximum Gasteiger partial charge on any atom is 0.220 e. The molecule has 0 saturated carbocycles. The average molecular weight is 387 g/mol. The van der Waals surface area contributed by atoms with Crippen molar-refractivity contribution in [2.45, 2.75) is 57.8 Å². The number of fused-ring (bicyclic) bond motifs is 1. The average Bonchev–Trinajstić information content (AvgIpc) is 3.10. The van der Waals surface area contributed by atoms with Crippen molar-refractivity contribution in [1.82, 2.24) is 0 Å². The van der Waals surface area contributed by atoms with Gasteiger partial charge in [0.15, 0.2) is 5.75 Å². The number of benzene rings is 1.